The Balaban J connectivity index is 1.55. The zero-order valence-electron chi connectivity index (χ0n) is 12.3. The summed E-state index contributed by atoms with van der Waals surface area (Å²) in [5, 5.41) is 3.53. The van der Waals surface area contributed by atoms with Crippen LogP contribution in [-0.2, 0) is 15.9 Å². The molecule has 110 valence electrons. The number of anilines is 1. The molecule has 3 rings (SSSR count). The summed E-state index contributed by atoms with van der Waals surface area (Å²) in [5.74, 6) is 0. The SMILES string of the molecule is COC1CCCC(OC2CCc3ccccc3NC2)C1. The topological polar surface area (TPSA) is 30.5 Å². The Morgan fingerprint density at radius 2 is 1.90 bits per heavy atom. The molecule has 0 aromatic heterocycles. The smallest absolute Gasteiger partial charge is 0.0754 e. The van der Waals surface area contributed by atoms with Crippen LogP contribution in [0.3, 0.4) is 0 Å². The second-order valence-electron chi connectivity index (χ2n) is 5.98. The van der Waals surface area contributed by atoms with Gasteiger partial charge in [-0.2, -0.15) is 0 Å². The lowest BCUT2D eigenvalue weighted by Gasteiger charge is -2.31. The monoisotopic (exact) mass is 275 g/mol. The van der Waals surface area contributed by atoms with Crippen LogP contribution in [0.4, 0.5) is 5.69 Å². The zero-order chi connectivity index (χ0) is 13.8. The Morgan fingerprint density at radius 3 is 2.80 bits per heavy atom. The van der Waals surface area contributed by atoms with Crippen molar-refractivity contribution in [1.82, 2.24) is 0 Å². The molecule has 1 aliphatic heterocycles. The van der Waals surface area contributed by atoms with Crippen molar-refractivity contribution in [2.75, 3.05) is 19.0 Å². The maximum atomic E-state index is 6.33. The first kappa shape index (κ1) is 13.9. The van der Waals surface area contributed by atoms with Gasteiger partial charge in [0.05, 0.1) is 18.3 Å². The van der Waals surface area contributed by atoms with Gasteiger partial charge in [0.25, 0.3) is 0 Å². The van der Waals surface area contributed by atoms with Crippen molar-refractivity contribution < 1.29 is 9.47 Å². The number of para-hydroxylation sites is 1. The molecule has 20 heavy (non-hydrogen) atoms. The van der Waals surface area contributed by atoms with Crippen molar-refractivity contribution in [3.8, 4) is 0 Å². The fraction of sp³-hybridized carbons (Fsp3) is 0.647. The second-order valence-corrected chi connectivity index (χ2v) is 5.98. The van der Waals surface area contributed by atoms with E-state index in [9.17, 15) is 0 Å². The molecule has 0 bridgehead atoms. The van der Waals surface area contributed by atoms with E-state index in [-0.39, 0.29) is 0 Å². The van der Waals surface area contributed by atoms with Crippen LogP contribution in [0, 0.1) is 0 Å². The van der Waals surface area contributed by atoms with Crippen LogP contribution >= 0.6 is 0 Å². The third-order valence-corrected chi connectivity index (χ3v) is 4.57. The Kier molecular flexibility index (Phi) is 4.58. The molecule has 1 aromatic carbocycles. The second kappa shape index (κ2) is 6.59. The van der Waals surface area contributed by atoms with Crippen LogP contribution < -0.4 is 5.32 Å². The molecule has 0 radical (unpaired) electrons. The minimum Gasteiger partial charge on any atom is -0.382 e. The van der Waals surface area contributed by atoms with Gasteiger partial charge in [-0.05, 0) is 50.2 Å². The van der Waals surface area contributed by atoms with Crippen LogP contribution in [0.5, 0.6) is 0 Å². The van der Waals surface area contributed by atoms with Gasteiger partial charge in [-0.15, -0.1) is 0 Å². The third-order valence-electron chi connectivity index (χ3n) is 4.57. The van der Waals surface area contributed by atoms with E-state index >= 15 is 0 Å². The van der Waals surface area contributed by atoms with E-state index in [0.29, 0.717) is 18.3 Å². The summed E-state index contributed by atoms with van der Waals surface area (Å²) in [4.78, 5) is 0. The van der Waals surface area contributed by atoms with E-state index in [1.54, 1.807) is 0 Å². The molecule has 0 spiro atoms. The number of hydrogen-bond acceptors (Lipinski definition) is 3. The first-order valence-corrected chi connectivity index (χ1v) is 7.85. The van der Waals surface area contributed by atoms with Gasteiger partial charge in [0.2, 0.25) is 0 Å². The molecule has 3 nitrogen and oxygen atoms in total. The fourth-order valence-electron chi connectivity index (χ4n) is 3.38. The summed E-state index contributed by atoms with van der Waals surface area (Å²) in [6.07, 6.45) is 7.96. The van der Waals surface area contributed by atoms with Gasteiger partial charge in [0.15, 0.2) is 0 Å². The number of fused-ring (bicyclic) bond motifs is 1. The lowest BCUT2D eigenvalue weighted by atomic mass is 9.94. The highest BCUT2D eigenvalue weighted by Crippen LogP contribution is 2.27. The minimum atomic E-state index is 0.322. The lowest BCUT2D eigenvalue weighted by molar-refractivity contribution is -0.0621. The normalized spacial score (nSPS) is 30.1. The molecular weight excluding hydrogens is 250 g/mol. The molecule has 1 fully saturated rings. The Morgan fingerprint density at radius 1 is 1.05 bits per heavy atom. The van der Waals surface area contributed by atoms with E-state index in [1.807, 2.05) is 7.11 Å². The van der Waals surface area contributed by atoms with Gasteiger partial charge in [-0.3, -0.25) is 0 Å². The van der Waals surface area contributed by atoms with Gasteiger partial charge >= 0.3 is 0 Å². The van der Waals surface area contributed by atoms with Crippen LogP contribution in [0.1, 0.15) is 37.7 Å². The summed E-state index contributed by atoms with van der Waals surface area (Å²) in [6.45, 7) is 0.922. The van der Waals surface area contributed by atoms with E-state index in [0.717, 1.165) is 25.8 Å². The minimum absolute atomic E-state index is 0.322. The van der Waals surface area contributed by atoms with Crippen molar-refractivity contribution in [2.45, 2.75) is 56.8 Å². The van der Waals surface area contributed by atoms with Gasteiger partial charge in [0, 0.05) is 19.3 Å². The first-order chi connectivity index (χ1) is 9.85. The molecule has 0 amide bonds. The predicted octanol–water partition coefficient (Wildman–Crippen LogP) is 3.39. The standard InChI is InChI=1S/C17H25NO2/c1-19-14-6-4-7-15(11-14)20-16-10-9-13-5-2-3-8-17(13)18-12-16/h2-3,5,8,14-16,18H,4,6-7,9-12H2,1H3. The van der Waals surface area contributed by atoms with Crippen LogP contribution in [0.25, 0.3) is 0 Å². The molecule has 1 N–H and O–H groups in total. The summed E-state index contributed by atoms with van der Waals surface area (Å²) in [7, 11) is 1.82. The summed E-state index contributed by atoms with van der Waals surface area (Å²) < 4.78 is 11.8. The summed E-state index contributed by atoms with van der Waals surface area (Å²) >= 11 is 0. The quantitative estimate of drug-likeness (QED) is 0.917. The molecule has 0 saturated heterocycles. The molecular formula is C17H25NO2. The van der Waals surface area contributed by atoms with Crippen molar-refractivity contribution in [3.05, 3.63) is 29.8 Å². The highest BCUT2D eigenvalue weighted by molar-refractivity contribution is 5.52. The number of rotatable bonds is 3. The maximum absolute atomic E-state index is 6.33. The first-order valence-electron chi connectivity index (χ1n) is 7.85. The maximum Gasteiger partial charge on any atom is 0.0754 e. The van der Waals surface area contributed by atoms with Crippen molar-refractivity contribution >= 4 is 5.69 Å². The number of methoxy groups -OCH3 is 1. The van der Waals surface area contributed by atoms with Crippen molar-refractivity contribution in [2.24, 2.45) is 0 Å². The van der Waals surface area contributed by atoms with Crippen LogP contribution in [-0.4, -0.2) is 32.0 Å². The predicted molar refractivity (Wildman–Crippen MR) is 81.2 cm³/mol. The van der Waals surface area contributed by atoms with Crippen molar-refractivity contribution in [1.29, 1.82) is 0 Å². The number of ether oxygens (including phenoxy) is 2. The molecule has 3 atom stereocenters. The molecule has 1 heterocycles. The summed E-state index contributed by atoms with van der Waals surface area (Å²) in [6, 6.07) is 8.59. The van der Waals surface area contributed by atoms with Gasteiger partial charge in [-0.1, -0.05) is 18.2 Å². The average Bonchev–Trinajstić information content (AvgIpc) is 2.70. The molecule has 1 aliphatic carbocycles. The molecule has 2 aliphatic rings. The fourth-order valence-corrected chi connectivity index (χ4v) is 3.38. The Hall–Kier alpha value is -1.06. The third kappa shape index (κ3) is 3.33. The van der Waals surface area contributed by atoms with E-state index in [4.69, 9.17) is 9.47 Å². The number of aryl methyl sites for hydroxylation is 1. The molecule has 3 unspecified atom stereocenters. The van der Waals surface area contributed by atoms with Crippen molar-refractivity contribution in [3.63, 3.8) is 0 Å². The Labute approximate surface area is 121 Å². The van der Waals surface area contributed by atoms with Crippen LogP contribution in [0.15, 0.2) is 24.3 Å². The van der Waals surface area contributed by atoms with Gasteiger partial charge in [0.1, 0.15) is 0 Å². The molecule has 3 heteroatoms. The van der Waals surface area contributed by atoms with Gasteiger partial charge < -0.3 is 14.8 Å². The summed E-state index contributed by atoms with van der Waals surface area (Å²) in [5.41, 5.74) is 2.69. The number of benzene rings is 1. The lowest BCUT2D eigenvalue weighted by Crippen LogP contribution is -2.33. The highest BCUT2D eigenvalue weighted by Gasteiger charge is 2.25. The molecule has 1 aromatic rings. The van der Waals surface area contributed by atoms with E-state index in [2.05, 4.69) is 29.6 Å². The van der Waals surface area contributed by atoms with Crippen LogP contribution in [0.2, 0.25) is 0 Å². The molecule has 1 saturated carbocycles. The number of hydrogen-bond donors (Lipinski definition) is 1. The van der Waals surface area contributed by atoms with E-state index in [1.165, 1.54) is 30.5 Å². The van der Waals surface area contributed by atoms with E-state index < -0.39 is 0 Å². The Bertz CT molecular complexity index is 408. The average molecular weight is 275 g/mol. The van der Waals surface area contributed by atoms with Gasteiger partial charge in [-0.25, -0.2) is 0 Å². The zero-order valence-corrected chi connectivity index (χ0v) is 12.3. The largest absolute Gasteiger partial charge is 0.382 e. The highest BCUT2D eigenvalue weighted by atomic mass is 16.5. The number of nitrogens with one attached hydrogen (secondary N) is 1.